The predicted molar refractivity (Wildman–Crippen MR) is 77.9 cm³/mol. The molecule has 2 saturated heterocycles. The molecule has 2 fully saturated rings. The third-order valence-corrected chi connectivity index (χ3v) is 4.87. The summed E-state index contributed by atoms with van der Waals surface area (Å²) in [5.74, 6) is 1.67. The number of piperazine rings is 1. The Morgan fingerprint density at radius 2 is 1.89 bits per heavy atom. The Hall–Kier alpha value is -0.120. The Balaban J connectivity index is 1.83. The Kier molecular flexibility index (Phi) is 5.05. The third-order valence-electron chi connectivity index (χ3n) is 4.87. The van der Waals surface area contributed by atoms with Gasteiger partial charge in [-0.1, -0.05) is 13.8 Å². The van der Waals surface area contributed by atoms with Gasteiger partial charge < -0.3 is 10.2 Å². The van der Waals surface area contributed by atoms with Crippen LogP contribution in [0.2, 0.25) is 0 Å². The second-order valence-corrected chi connectivity index (χ2v) is 6.81. The van der Waals surface area contributed by atoms with Crippen LogP contribution in [0.15, 0.2) is 0 Å². The van der Waals surface area contributed by atoms with Crippen LogP contribution < -0.4 is 5.32 Å². The van der Waals surface area contributed by atoms with E-state index in [4.69, 9.17) is 0 Å². The fraction of sp³-hybridized carbons (Fsp3) is 1.00. The zero-order valence-electron chi connectivity index (χ0n) is 12.7. The molecule has 2 heterocycles. The average Bonchev–Trinajstić information content (AvgIpc) is 2.34. The number of likely N-dealkylation sites (tertiary alicyclic amines) is 1. The van der Waals surface area contributed by atoms with E-state index in [9.17, 15) is 0 Å². The SMILES string of the molecule is CC(C)C1CN(CC2CCN(C)CC2)C(C)CN1. The highest BCUT2D eigenvalue weighted by Gasteiger charge is 2.29. The summed E-state index contributed by atoms with van der Waals surface area (Å²) in [7, 11) is 2.25. The average molecular weight is 253 g/mol. The normalized spacial score (nSPS) is 33.2. The Morgan fingerprint density at radius 1 is 1.22 bits per heavy atom. The molecule has 3 heteroatoms. The van der Waals surface area contributed by atoms with Crippen LogP contribution in [0.4, 0.5) is 0 Å². The molecule has 0 radical (unpaired) electrons. The lowest BCUT2D eigenvalue weighted by molar-refractivity contribution is 0.0860. The second kappa shape index (κ2) is 6.36. The molecule has 2 unspecified atom stereocenters. The molecular formula is C15H31N3. The van der Waals surface area contributed by atoms with Crippen LogP contribution >= 0.6 is 0 Å². The summed E-state index contributed by atoms with van der Waals surface area (Å²) >= 11 is 0. The van der Waals surface area contributed by atoms with Crippen LogP contribution in [0.3, 0.4) is 0 Å². The summed E-state index contributed by atoms with van der Waals surface area (Å²) in [5.41, 5.74) is 0. The van der Waals surface area contributed by atoms with E-state index in [1.54, 1.807) is 0 Å². The van der Waals surface area contributed by atoms with Gasteiger partial charge in [-0.05, 0) is 51.7 Å². The molecule has 18 heavy (non-hydrogen) atoms. The lowest BCUT2D eigenvalue weighted by Gasteiger charge is -2.43. The number of hydrogen-bond donors (Lipinski definition) is 1. The molecule has 1 N–H and O–H groups in total. The molecule has 0 aromatic rings. The van der Waals surface area contributed by atoms with Gasteiger partial charge in [0.1, 0.15) is 0 Å². The topological polar surface area (TPSA) is 18.5 Å². The van der Waals surface area contributed by atoms with Gasteiger partial charge in [0.2, 0.25) is 0 Å². The van der Waals surface area contributed by atoms with Crippen molar-refractivity contribution in [3.05, 3.63) is 0 Å². The van der Waals surface area contributed by atoms with E-state index in [2.05, 4.69) is 42.9 Å². The molecule has 2 atom stereocenters. The summed E-state index contributed by atoms with van der Waals surface area (Å²) in [5, 5.41) is 3.69. The minimum absolute atomic E-state index is 0.687. The van der Waals surface area contributed by atoms with Gasteiger partial charge in [-0.2, -0.15) is 0 Å². The number of hydrogen-bond acceptors (Lipinski definition) is 3. The van der Waals surface area contributed by atoms with Gasteiger partial charge in [0, 0.05) is 31.7 Å². The molecule has 0 spiro atoms. The summed E-state index contributed by atoms with van der Waals surface area (Å²) in [6, 6.07) is 1.40. The van der Waals surface area contributed by atoms with Gasteiger partial charge >= 0.3 is 0 Å². The van der Waals surface area contributed by atoms with Gasteiger partial charge in [-0.25, -0.2) is 0 Å². The molecular weight excluding hydrogens is 222 g/mol. The van der Waals surface area contributed by atoms with E-state index in [1.807, 2.05) is 0 Å². The smallest absolute Gasteiger partial charge is 0.0218 e. The molecule has 2 aliphatic heterocycles. The van der Waals surface area contributed by atoms with Gasteiger partial charge in [0.15, 0.2) is 0 Å². The number of nitrogens with zero attached hydrogens (tertiary/aromatic N) is 2. The molecule has 0 amide bonds. The maximum atomic E-state index is 3.69. The largest absolute Gasteiger partial charge is 0.311 e. The third kappa shape index (κ3) is 3.69. The van der Waals surface area contributed by atoms with Crippen molar-refractivity contribution in [2.45, 2.75) is 45.7 Å². The second-order valence-electron chi connectivity index (χ2n) is 6.81. The quantitative estimate of drug-likeness (QED) is 0.825. The minimum atomic E-state index is 0.687. The van der Waals surface area contributed by atoms with Crippen molar-refractivity contribution < 1.29 is 0 Å². The highest BCUT2D eigenvalue weighted by molar-refractivity contribution is 4.87. The highest BCUT2D eigenvalue weighted by Crippen LogP contribution is 2.20. The fourth-order valence-corrected chi connectivity index (χ4v) is 3.23. The summed E-state index contributed by atoms with van der Waals surface area (Å²) in [4.78, 5) is 5.20. The first-order chi connectivity index (χ1) is 8.56. The Labute approximate surface area is 113 Å². The van der Waals surface area contributed by atoms with Gasteiger partial charge in [0.05, 0.1) is 0 Å². The van der Waals surface area contributed by atoms with E-state index in [0.717, 1.165) is 18.4 Å². The summed E-state index contributed by atoms with van der Waals surface area (Å²) in [6.45, 7) is 13.3. The minimum Gasteiger partial charge on any atom is -0.311 e. The monoisotopic (exact) mass is 253 g/mol. The zero-order chi connectivity index (χ0) is 13.1. The van der Waals surface area contributed by atoms with Crippen molar-refractivity contribution in [3.8, 4) is 0 Å². The highest BCUT2D eigenvalue weighted by atomic mass is 15.2. The molecule has 0 aromatic carbocycles. The maximum absolute atomic E-state index is 3.69. The first-order valence-electron chi connectivity index (χ1n) is 7.72. The van der Waals surface area contributed by atoms with Crippen molar-refractivity contribution in [2.75, 3.05) is 39.8 Å². The molecule has 3 nitrogen and oxygen atoms in total. The molecule has 2 rings (SSSR count). The van der Waals surface area contributed by atoms with Crippen LogP contribution in [0, 0.1) is 11.8 Å². The molecule has 106 valence electrons. The van der Waals surface area contributed by atoms with Crippen LogP contribution in [0.1, 0.15) is 33.6 Å². The molecule has 0 saturated carbocycles. The van der Waals surface area contributed by atoms with Crippen molar-refractivity contribution in [2.24, 2.45) is 11.8 Å². The molecule has 0 aliphatic carbocycles. The maximum Gasteiger partial charge on any atom is 0.0218 e. The van der Waals surface area contributed by atoms with E-state index < -0.39 is 0 Å². The molecule has 0 bridgehead atoms. The zero-order valence-corrected chi connectivity index (χ0v) is 12.7. The molecule has 0 aromatic heterocycles. The van der Waals surface area contributed by atoms with E-state index in [0.29, 0.717) is 12.1 Å². The van der Waals surface area contributed by atoms with Gasteiger partial charge in [-0.15, -0.1) is 0 Å². The first-order valence-corrected chi connectivity index (χ1v) is 7.72. The van der Waals surface area contributed by atoms with Gasteiger partial charge in [0.25, 0.3) is 0 Å². The summed E-state index contributed by atoms with van der Waals surface area (Å²) < 4.78 is 0. The van der Waals surface area contributed by atoms with Crippen LogP contribution in [-0.2, 0) is 0 Å². The molecule has 2 aliphatic rings. The van der Waals surface area contributed by atoms with Crippen molar-refractivity contribution >= 4 is 0 Å². The van der Waals surface area contributed by atoms with Crippen molar-refractivity contribution in [1.82, 2.24) is 15.1 Å². The van der Waals surface area contributed by atoms with Crippen LogP contribution in [0.5, 0.6) is 0 Å². The van der Waals surface area contributed by atoms with E-state index >= 15 is 0 Å². The number of piperidine rings is 1. The summed E-state index contributed by atoms with van der Waals surface area (Å²) in [6.07, 6.45) is 2.78. The Morgan fingerprint density at radius 3 is 2.50 bits per heavy atom. The number of rotatable bonds is 3. The van der Waals surface area contributed by atoms with E-state index in [1.165, 1.54) is 39.0 Å². The lowest BCUT2D eigenvalue weighted by Crippen LogP contribution is -2.58. The fourth-order valence-electron chi connectivity index (χ4n) is 3.23. The Bertz CT molecular complexity index is 246. The van der Waals surface area contributed by atoms with Crippen molar-refractivity contribution in [3.63, 3.8) is 0 Å². The van der Waals surface area contributed by atoms with E-state index in [-0.39, 0.29) is 0 Å². The van der Waals surface area contributed by atoms with Gasteiger partial charge in [-0.3, -0.25) is 4.90 Å². The van der Waals surface area contributed by atoms with Crippen LogP contribution in [-0.4, -0.2) is 61.7 Å². The van der Waals surface area contributed by atoms with Crippen LogP contribution in [0.25, 0.3) is 0 Å². The first kappa shape index (κ1) is 14.3. The lowest BCUT2D eigenvalue weighted by atomic mass is 9.93. The number of nitrogens with one attached hydrogen (secondary N) is 1. The predicted octanol–water partition coefficient (Wildman–Crippen LogP) is 1.65. The van der Waals surface area contributed by atoms with Crippen molar-refractivity contribution in [1.29, 1.82) is 0 Å². The standard InChI is InChI=1S/C15H31N3/c1-12(2)15-11-18(13(3)9-16-15)10-14-5-7-17(4)8-6-14/h12-16H,5-11H2,1-4H3.